The van der Waals surface area contributed by atoms with E-state index in [4.69, 9.17) is 11.6 Å². The van der Waals surface area contributed by atoms with Gasteiger partial charge in [-0.2, -0.15) is 0 Å². The van der Waals surface area contributed by atoms with Crippen LogP contribution in [-0.4, -0.2) is 46.3 Å². The third-order valence-electron chi connectivity index (χ3n) is 5.57. The fraction of sp³-hybridized carbons (Fsp3) is 0.269. The van der Waals surface area contributed by atoms with E-state index in [-0.39, 0.29) is 5.82 Å². The Hall–Kier alpha value is -2.24. The molecule has 3 rings (SSSR count). The molecular formula is C26H31ClFN5W. The topological polar surface area (TPSA) is 44.3 Å². The summed E-state index contributed by atoms with van der Waals surface area (Å²) in [5, 5.41) is 7.21. The number of allylic oxidation sites excluding steroid dienone is 1. The van der Waals surface area contributed by atoms with Crippen LogP contribution in [-0.2, 0) is 19.4 Å². The maximum atomic E-state index is 13.8. The van der Waals surface area contributed by atoms with E-state index in [0.717, 1.165) is 78.6 Å². The van der Waals surface area contributed by atoms with Crippen molar-refractivity contribution in [3.8, 4) is 0 Å². The van der Waals surface area contributed by atoms with Gasteiger partial charge in [0.05, 0.1) is 0 Å². The predicted molar refractivity (Wildman–Crippen MR) is 138 cm³/mol. The van der Waals surface area contributed by atoms with Gasteiger partial charge in [-0.1, -0.05) is 0 Å². The molecule has 34 heavy (non-hydrogen) atoms. The molecule has 0 radical (unpaired) electrons. The van der Waals surface area contributed by atoms with Crippen LogP contribution in [0.25, 0.3) is 6.08 Å². The molecule has 1 fully saturated rings. The molecular weight excluding hydrogens is 621 g/mol. The van der Waals surface area contributed by atoms with Crippen molar-refractivity contribution >= 4 is 21.7 Å². The number of benzene rings is 1. The number of rotatable bonds is 10. The maximum absolute atomic E-state index is 13.8. The fourth-order valence-electron chi connectivity index (χ4n) is 3.64. The van der Waals surface area contributed by atoms with Gasteiger partial charge in [-0.05, 0) is 0 Å². The molecule has 1 aromatic heterocycles. The van der Waals surface area contributed by atoms with Crippen molar-refractivity contribution in [2.45, 2.75) is 13.8 Å². The van der Waals surface area contributed by atoms with E-state index in [0.29, 0.717) is 10.6 Å². The zero-order chi connectivity index (χ0) is 24.7. The molecule has 2 aromatic rings. The summed E-state index contributed by atoms with van der Waals surface area (Å²) in [6.07, 6.45) is 7.77. The van der Waals surface area contributed by atoms with Gasteiger partial charge in [-0.3, -0.25) is 0 Å². The number of halogens is 2. The minimum atomic E-state index is -0.319. The summed E-state index contributed by atoms with van der Waals surface area (Å²) in [4.78, 5) is 2.44. The normalized spacial score (nSPS) is 15.2. The van der Waals surface area contributed by atoms with Gasteiger partial charge in [0.2, 0.25) is 0 Å². The van der Waals surface area contributed by atoms with Gasteiger partial charge in [-0.25, -0.2) is 0 Å². The van der Waals surface area contributed by atoms with E-state index in [1.54, 1.807) is 12.1 Å². The summed E-state index contributed by atoms with van der Waals surface area (Å²) >= 11 is 7.43. The molecule has 0 spiro atoms. The third-order valence-corrected chi connectivity index (χ3v) is 7.02. The van der Waals surface area contributed by atoms with Gasteiger partial charge in [0.25, 0.3) is 0 Å². The molecule has 0 unspecified atom stereocenters. The smallest absolute Gasteiger partial charge is 0.314 e. The van der Waals surface area contributed by atoms with Gasteiger partial charge in [0.15, 0.2) is 0 Å². The zero-order valence-corrected chi connectivity index (χ0v) is 23.3. The molecule has 8 heteroatoms. The van der Waals surface area contributed by atoms with Gasteiger partial charge >= 0.3 is 187 Å². The first-order valence-corrected chi connectivity index (χ1v) is 13.0. The summed E-state index contributed by atoms with van der Waals surface area (Å²) in [5.41, 5.74) is 8.92. The Morgan fingerprint density at radius 1 is 1.29 bits per heavy atom. The molecule has 180 valence electrons. The van der Waals surface area contributed by atoms with E-state index < -0.39 is 0 Å². The van der Waals surface area contributed by atoms with Crippen LogP contribution in [0.5, 0.6) is 0 Å². The van der Waals surface area contributed by atoms with Crippen LogP contribution in [0.15, 0.2) is 72.7 Å². The first-order valence-electron chi connectivity index (χ1n) is 11.1. The molecule has 0 amide bonds. The second kappa shape index (κ2) is 12.5. The van der Waals surface area contributed by atoms with E-state index in [1.165, 1.54) is 17.7 Å². The van der Waals surface area contributed by atoms with Crippen LogP contribution in [0.1, 0.15) is 23.7 Å². The summed E-state index contributed by atoms with van der Waals surface area (Å²) in [5.74, 6) is -0.319. The number of aryl methyl sites for hydroxylation is 1. The molecule has 3 N–H and O–H groups in total. The number of aromatic nitrogens is 1. The second-order valence-corrected chi connectivity index (χ2v) is 10.1. The molecule has 0 bridgehead atoms. The fourth-order valence-corrected chi connectivity index (χ4v) is 5.04. The third kappa shape index (κ3) is 7.13. The molecule has 0 aliphatic carbocycles. The molecule has 5 nitrogen and oxygen atoms in total. The van der Waals surface area contributed by atoms with E-state index >= 15 is 0 Å². The van der Waals surface area contributed by atoms with Crippen LogP contribution in [0.3, 0.4) is 0 Å². The minimum Gasteiger partial charge on any atom is -0.314 e. The first kappa shape index (κ1) is 26.4. The molecule has 2 heterocycles. The number of hydrogen-bond acceptors (Lipinski definition) is 4. The van der Waals surface area contributed by atoms with Crippen LogP contribution in [0.4, 0.5) is 4.39 Å². The summed E-state index contributed by atoms with van der Waals surface area (Å²) < 4.78 is 16.5. The van der Waals surface area contributed by atoms with E-state index in [1.807, 2.05) is 36.1 Å². The number of piperazine rings is 1. The SMILES string of the molecule is C=C/C(=C\c1c(C)ccn1N[C](=[W])c1cc(F)ccc1Cl)C(=C)N/C=C(\C)CN1CCNCC1. The second-order valence-electron chi connectivity index (χ2n) is 8.26. The van der Waals surface area contributed by atoms with Crippen LogP contribution in [0, 0.1) is 12.7 Å². The van der Waals surface area contributed by atoms with Crippen LogP contribution >= 0.6 is 11.6 Å². The van der Waals surface area contributed by atoms with Crippen molar-refractivity contribution in [1.82, 2.24) is 20.2 Å². The predicted octanol–water partition coefficient (Wildman–Crippen LogP) is 4.34. The number of nitrogens with one attached hydrogen (secondary N) is 3. The average molecular weight is 652 g/mol. The molecule has 0 atom stereocenters. The molecule has 1 aromatic carbocycles. The molecule has 0 saturated carbocycles. The summed E-state index contributed by atoms with van der Waals surface area (Å²) in [6, 6.07) is 6.39. The van der Waals surface area contributed by atoms with E-state index in [2.05, 4.69) is 41.0 Å². The monoisotopic (exact) mass is 651 g/mol. The summed E-state index contributed by atoms with van der Waals surface area (Å²) in [6.45, 7) is 17.5. The Balaban J connectivity index is 1.73. The van der Waals surface area contributed by atoms with Crippen LogP contribution in [0.2, 0.25) is 5.02 Å². The Kier molecular flexibility index (Phi) is 9.66. The van der Waals surface area contributed by atoms with Gasteiger partial charge in [-0.15, -0.1) is 0 Å². The van der Waals surface area contributed by atoms with Crippen LogP contribution < -0.4 is 16.1 Å². The van der Waals surface area contributed by atoms with Crippen molar-refractivity contribution < 1.29 is 23.7 Å². The average Bonchev–Trinajstić information content (AvgIpc) is 3.16. The number of hydrogen-bond donors (Lipinski definition) is 3. The van der Waals surface area contributed by atoms with Crippen molar-refractivity contribution in [3.05, 3.63) is 100 Å². The Morgan fingerprint density at radius 2 is 2.03 bits per heavy atom. The zero-order valence-electron chi connectivity index (χ0n) is 19.6. The molecule has 1 aliphatic heterocycles. The van der Waals surface area contributed by atoms with Crippen molar-refractivity contribution in [3.63, 3.8) is 0 Å². The quantitative estimate of drug-likeness (QED) is 0.335. The minimum absolute atomic E-state index is 0.319. The van der Waals surface area contributed by atoms with E-state index in [9.17, 15) is 4.39 Å². The number of nitrogens with zero attached hydrogens (tertiary/aromatic N) is 2. The molecule has 1 saturated heterocycles. The Bertz CT molecular complexity index is 1130. The Labute approximate surface area is 217 Å². The van der Waals surface area contributed by atoms with Crippen molar-refractivity contribution in [1.29, 1.82) is 0 Å². The molecule has 1 aliphatic rings. The van der Waals surface area contributed by atoms with Gasteiger partial charge < -0.3 is 5.32 Å². The van der Waals surface area contributed by atoms with Gasteiger partial charge in [0, 0.05) is 26.2 Å². The van der Waals surface area contributed by atoms with Crippen molar-refractivity contribution in [2.75, 3.05) is 38.1 Å². The Morgan fingerprint density at radius 3 is 2.74 bits per heavy atom. The van der Waals surface area contributed by atoms with Gasteiger partial charge in [0.1, 0.15) is 0 Å². The first-order chi connectivity index (χ1) is 16.3. The summed E-state index contributed by atoms with van der Waals surface area (Å²) in [7, 11) is 0. The van der Waals surface area contributed by atoms with Crippen molar-refractivity contribution in [2.24, 2.45) is 0 Å². The standard InChI is InChI=1S/C26H31ClFN5.W/c1-5-22(21(4)30-16-19(2)18-32-12-9-29-10-13-32)15-26-20(3)8-11-33(26)31-17-23-14-24(28)6-7-25(23)27;/h5-8,11,14-16,29-31H,1,4,9-10,12-13,18H2,2-3H3;/b19-16+,22-15+;.